The number of carbonyl (C=O) groups excluding carboxylic acids is 1. The van der Waals surface area contributed by atoms with Crippen LogP contribution in [0.4, 0.5) is 0 Å². The van der Waals surface area contributed by atoms with Crippen molar-refractivity contribution in [3.8, 4) is 0 Å². The molecule has 4 heteroatoms. The van der Waals surface area contributed by atoms with Gasteiger partial charge < -0.3 is 5.11 Å². The van der Waals surface area contributed by atoms with Crippen LogP contribution in [0.2, 0.25) is 0 Å². The van der Waals surface area contributed by atoms with Gasteiger partial charge in [-0.15, -0.1) is 11.6 Å². The third-order valence-corrected chi connectivity index (χ3v) is 1.68. The summed E-state index contributed by atoms with van der Waals surface area (Å²) in [7, 11) is 0. The molecule has 1 N–H and O–H groups in total. The summed E-state index contributed by atoms with van der Waals surface area (Å²) < 4.78 is 0. The van der Waals surface area contributed by atoms with Gasteiger partial charge in [-0.3, -0.25) is 9.59 Å². The summed E-state index contributed by atoms with van der Waals surface area (Å²) in [6, 6.07) is 0. The number of hydrogen-bond donors (Lipinski definition) is 1. The number of ketones is 1. The van der Waals surface area contributed by atoms with Crippen molar-refractivity contribution in [2.45, 2.75) is 31.6 Å². The molecule has 0 bridgehead atoms. The molecular weight excluding hydrogens is 168 g/mol. The van der Waals surface area contributed by atoms with Gasteiger partial charge in [-0.05, 0) is 6.42 Å². The fraction of sp³-hybridized carbons (Fsp3) is 0.714. The highest BCUT2D eigenvalue weighted by atomic mass is 35.5. The van der Waals surface area contributed by atoms with Crippen molar-refractivity contribution in [1.82, 2.24) is 0 Å². The molecule has 0 aromatic carbocycles. The van der Waals surface area contributed by atoms with Gasteiger partial charge in [0.1, 0.15) is 6.42 Å². The van der Waals surface area contributed by atoms with Crippen LogP contribution >= 0.6 is 11.6 Å². The fourth-order valence-corrected chi connectivity index (χ4v) is 0.970. The normalized spacial score (nSPS) is 12.5. The van der Waals surface area contributed by atoms with Gasteiger partial charge in [0.15, 0.2) is 5.78 Å². The molecule has 0 spiro atoms. The molecule has 0 amide bonds. The van der Waals surface area contributed by atoms with Crippen molar-refractivity contribution in [3.05, 3.63) is 0 Å². The number of Topliss-reactive ketones (excluding diaryl/α,β-unsaturated/α-hetero) is 1. The van der Waals surface area contributed by atoms with E-state index in [2.05, 4.69) is 0 Å². The topological polar surface area (TPSA) is 54.4 Å². The minimum absolute atomic E-state index is 0.402. The number of carboxylic acid groups (broad SMARTS) is 1. The highest BCUT2D eigenvalue weighted by Gasteiger charge is 2.16. The zero-order valence-electron chi connectivity index (χ0n) is 6.34. The molecule has 1 atom stereocenters. The Labute approximate surface area is 70.3 Å². The van der Waals surface area contributed by atoms with E-state index in [1.807, 2.05) is 6.92 Å². The minimum Gasteiger partial charge on any atom is -0.481 e. The summed E-state index contributed by atoms with van der Waals surface area (Å²) in [4.78, 5) is 20.9. The smallest absolute Gasteiger partial charge is 0.310 e. The van der Waals surface area contributed by atoms with E-state index in [4.69, 9.17) is 16.7 Å². The molecule has 64 valence electrons. The van der Waals surface area contributed by atoms with E-state index in [0.29, 0.717) is 6.42 Å². The van der Waals surface area contributed by atoms with E-state index < -0.39 is 23.6 Å². The number of alkyl halides is 1. The molecule has 0 rings (SSSR count). The maximum atomic E-state index is 10.8. The van der Waals surface area contributed by atoms with Crippen molar-refractivity contribution in [1.29, 1.82) is 0 Å². The maximum absolute atomic E-state index is 10.8. The van der Waals surface area contributed by atoms with E-state index in [-0.39, 0.29) is 0 Å². The van der Waals surface area contributed by atoms with Gasteiger partial charge in [0.25, 0.3) is 0 Å². The Morgan fingerprint density at radius 3 is 2.45 bits per heavy atom. The molecule has 11 heavy (non-hydrogen) atoms. The molecule has 0 aliphatic carbocycles. The van der Waals surface area contributed by atoms with Gasteiger partial charge in [0, 0.05) is 0 Å². The summed E-state index contributed by atoms with van der Waals surface area (Å²) in [5, 5.41) is 7.59. The SMILES string of the molecule is CCCC(Cl)C(=O)CC(=O)O. The Kier molecular flexibility index (Phi) is 4.86. The van der Waals surface area contributed by atoms with Crippen molar-refractivity contribution < 1.29 is 14.7 Å². The van der Waals surface area contributed by atoms with Crippen molar-refractivity contribution in [3.63, 3.8) is 0 Å². The molecule has 3 nitrogen and oxygen atoms in total. The second-order valence-corrected chi connectivity index (χ2v) is 2.82. The van der Waals surface area contributed by atoms with Gasteiger partial charge >= 0.3 is 5.97 Å². The summed E-state index contributed by atoms with van der Waals surface area (Å²) >= 11 is 5.56. The average molecular weight is 179 g/mol. The monoisotopic (exact) mass is 178 g/mol. The molecule has 1 unspecified atom stereocenters. The average Bonchev–Trinajstić information content (AvgIpc) is 1.86. The lowest BCUT2D eigenvalue weighted by molar-refractivity contribution is -0.140. The number of carboxylic acids is 1. The molecular formula is C7H11ClO3. The standard InChI is InChI=1S/C7H11ClO3/c1-2-3-5(8)6(9)4-7(10)11/h5H,2-4H2,1H3,(H,10,11). The summed E-state index contributed by atoms with van der Waals surface area (Å²) in [6.45, 7) is 1.89. The first-order valence-electron chi connectivity index (χ1n) is 3.46. The second kappa shape index (κ2) is 5.13. The van der Waals surface area contributed by atoms with Gasteiger partial charge in [-0.25, -0.2) is 0 Å². The second-order valence-electron chi connectivity index (χ2n) is 2.29. The molecule has 0 saturated heterocycles. The highest BCUT2D eigenvalue weighted by molar-refractivity contribution is 6.32. The first kappa shape index (κ1) is 10.4. The van der Waals surface area contributed by atoms with Gasteiger partial charge in [-0.1, -0.05) is 13.3 Å². The Morgan fingerprint density at radius 1 is 1.55 bits per heavy atom. The Morgan fingerprint density at radius 2 is 2.09 bits per heavy atom. The molecule has 0 fully saturated rings. The quantitative estimate of drug-likeness (QED) is 0.512. The van der Waals surface area contributed by atoms with E-state index >= 15 is 0 Å². The molecule has 0 aliphatic heterocycles. The fourth-order valence-electron chi connectivity index (χ4n) is 0.674. The van der Waals surface area contributed by atoms with Crippen LogP contribution in [0.25, 0.3) is 0 Å². The molecule has 0 radical (unpaired) electrons. The van der Waals surface area contributed by atoms with Crippen molar-refractivity contribution in [2.75, 3.05) is 0 Å². The van der Waals surface area contributed by atoms with E-state index in [9.17, 15) is 9.59 Å². The maximum Gasteiger partial charge on any atom is 0.310 e. The summed E-state index contributed by atoms with van der Waals surface area (Å²) in [6.07, 6.45) is 0.876. The minimum atomic E-state index is -1.11. The van der Waals surface area contributed by atoms with Crippen molar-refractivity contribution in [2.24, 2.45) is 0 Å². The molecule has 0 aromatic rings. The third-order valence-electron chi connectivity index (χ3n) is 1.22. The zero-order chi connectivity index (χ0) is 8.85. The van der Waals surface area contributed by atoms with Crippen LogP contribution in [-0.2, 0) is 9.59 Å². The Bertz CT molecular complexity index is 156. The van der Waals surface area contributed by atoms with Crippen LogP contribution < -0.4 is 0 Å². The highest BCUT2D eigenvalue weighted by Crippen LogP contribution is 2.08. The first-order valence-corrected chi connectivity index (χ1v) is 3.90. The summed E-state index contributed by atoms with van der Waals surface area (Å²) in [5.41, 5.74) is 0. The first-order chi connectivity index (χ1) is 5.07. The number of rotatable bonds is 5. The predicted molar refractivity (Wildman–Crippen MR) is 41.8 cm³/mol. The number of hydrogen-bond acceptors (Lipinski definition) is 2. The lowest BCUT2D eigenvalue weighted by Crippen LogP contribution is -2.17. The van der Waals surface area contributed by atoms with Crippen LogP contribution in [-0.4, -0.2) is 22.2 Å². The number of aliphatic carboxylic acids is 1. The van der Waals surface area contributed by atoms with Crippen LogP contribution in [0.5, 0.6) is 0 Å². The van der Waals surface area contributed by atoms with Gasteiger partial charge in [0.2, 0.25) is 0 Å². The lowest BCUT2D eigenvalue weighted by atomic mass is 10.1. The number of halogens is 1. The predicted octanol–water partition coefficient (Wildman–Crippen LogP) is 1.44. The molecule has 0 heterocycles. The largest absolute Gasteiger partial charge is 0.481 e. The zero-order valence-corrected chi connectivity index (χ0v) is 7.10. The van der Waals surface area contributed by atoms with Crippen LogP contribution in [0, 0.1) is 0 Å². The van der Waals surface area contributed by atoms with Crippen LogP contribution in [0.1, 0.15) is 26.2 Å². The van der Waals surface area contributed by atoms with Gasteiger partial charge in [-0.2, -0.15) is 0 Å². The van der Waals surface area contributed by atoms with E-state index in [0.717, 1.165) is 6.42 Å². The number of carbonyl (C=O) groups is 2. The third kappa shape index (κ3) is 4.79. The van der Waals surface area contributed by atoms with Crippen molar-refractivity contribution >= 4 is 23.4 Å². The van der Waals surface area contributed by atoms with Crippen LogP contribution in [0.3, 0.4) is 0 Å². The molecule has 0 aliphatic rings. The van der Waals surface area contributed by atoms with E-state index in [1.165, 1.54) is 0 Å². The molecule has 0 saturated carbocycles. The lowest BCUT2D eigenvalue weighted by Gasteiger charge is -2.03. The summed E-state index contributed by atoms with van der Waals surface area (Å²) in [5.74, 6) is -1.52. The van der Waals surface area contributed by atoms with E-state index in [1.54, 1.807) is 0 Å². The van der Waals surface area contributed by atoms with Crippen LogP contribution in [0.15, 0.2) is 0 Å². The Balaban J connectivity index is 3.73. The Hall–Kier alpha value is -0.570. The molecule has 0 aromatic heterocycles. The van der Waals surface area contributed by atoms with Gasteiger partial charge in [0.05, 0.1) is 5.38 Å².